The zero-order chi connectivity index (χ0) is 16.9. The molecule has 0 spiro atoms. The van der Waals surface area contributed by atoms with Crippen molar-refractivity contribution in [1.82, 2.24) is 15.1 Å². The normalized spacial score (nSPS) is 14.3. The van der Waals surface area contributed by atoms with Crippen LogP contribution < -0.4 is 10.1 Å². The maximum absolute atomic E-state index is 11.8. The molecule has 0 radical (unpaired) electrons. The fourth-order valence-corrected chi connectivity index (χ4v) is 1.74. The molecule has 1 N–H and O–H groups in total. The number of aromatic nitrogens is 2. The molecule has 1 unspecified atom stereocenters. The molecule has 0 fully saturated rings. The summed E-state index contributed by atoms with van der Waals surface area (Å²) >= 11 is 0. The Morgan fingerprint density at radius 2 is 2.05 bits per heavy atom. The fraction of sp³-hybridized carbons (Fsp3) is 0.733. The Morgan fingerprint density at radius 3 is 2.59 bits per heavy atom. The maximum atomic E-state index is 11.8. The number of hydrogen-bond acceptors (Lipinski definition) is 5. The molecule has 2 atom stereocenters. The molecule has 7 nitrogen and oxygen atoms in total. The van der Waals surface area contributed by atoms with E-state index in [4.69, 9.17) is 14.2 Å². The highest BCUT2D eigenvalue weighted by Gasteiger charge is 2.22. The first-order valence-electron chi connectivity index (χ1n) is 7.30. The van der Waals surface area contributed by atoms with E-state index in [0.717, 1.165) is 5.69 Å². The topological polar surface area (TPSA) is 74.6 Å². The average molecular weight is 313 g/mol. The van der Waals surface area contributed by atoms with Crippen LogP contribution in [0.4, 0.5) is 4.79 Å². The van der Waals surface area contributed by atoms with Crippen LogP contribution in [0.2, 0.25) is 0 Å². The molecule has 0 aliphatic heterocycles. The monoisotopic (exact) mass is 313 g/mol. The van der Waals surface area contributed by atoms with Gasteiger partial charge in [-0.1, -0.05) is 0 Å². The van der Waals surface area contributed by atoms with E-state index in [9.17, 15) is 4.79 Å². The molecule has 0 saturated heterocycles. The minimum Gasteiger partial charge on any atom is -0.473 e. The van der Waals surface area contributed by atoms with Gasteiger partial charge in [0.05, 0.1) is 18.3 Å². The summed E-state index contributed by atoms with van der Waals surface area (Å²) in [7, 11) is 3.41. The van der Waals surface area contributed by atoms with E-state index in [-0.39, 0.29) is 12.1 Å². The van der Waals surface area contributed by atoms with Gasteiger partial charge in [-0.2, -0.15) is 5.10 Å². The van der Waals surface area contributed by atoms with Crippen LogP contribution in [0.15, 0.2) is 6.07 Å². The summed E-state index contributed by atoms with van der Waals surface area (Å²) in [6.45, 7) is 9.64. The number of amides is 1. The fourth-order valence-electron chi connectivity index (χ4n) is 1.74. The average Bonchev–Trinajstić information content (AvgIpc) is 2.67. The maximum Gasteiger partial charge on any atom is 0.407 e. The highest BCUT2D eigenvalue weighted by atomic mass is 16.6. The lowest BCUT2D eigenvalue weighted by atomic mass is 10.2. The van der Waals surface area contributed by atoms with Crippen molar-refractivity contribution in [3.8, 4) is 5.88 Å². The Bertz CT molecular complexity index is 493. The van der Waals surface area contributed by atoms with Gasteiger partial charge in [0.2, 0.25) is 5.88 Å². The van der Waals surface area contributed by atoms with Crippen LogP contribution in [-0.4, -0.2) is 40.7 Å². The molecule has 126 valence electrons. The highest BCUT2D eigenvalue weighted by Crippen LogP contribution is 2.16. The van der Waals surface area contributed by atoms with Crippen molar-refractivity contribution in [3.63, 3.8) is 0 Å². The van der Waals surface area contributed by atoms with Gasteiger partial charge < -0.3 is 19.5 Å². The lowest BCUT2D eigenvalue weighted by Gasteiger charge is -2.25. The minimum atomic E-state index is -0.523. The van der Waals surface area contributed by atoms with E-state index in [2.05, 4.69) is 10.4 Å². The molecule has 0 aliphatic carbocycles. The van der Waals surface area contributed by atoms with Crippen LogP contribution in [0.5, 0.6) is 5.88 Å². The Balaban J connectivity index is 2.57. The van der Waals surface area contributed by atoms with Gasteiger partial charge in [0.25, 0.3) is 0 Å². The van der Waals surface area contributed by atoms with E-state index in [1.807, 2.05) is 40.7 Å². The van der Waals surface area contributed by atoms with Gasteiger partial charge in [-0.3, -0.25) is 0 Å². The molecule has 22 heavy (non-hydrogen) atoms. The van der Waals surface area contributed by atoms with Gasteiger partial charge in [-0.15, -0.1) is 0 Å². The molecule has 0 aliphatic rings. The lowest BCUT2D eigenvalue weighted by molar-refractivity contribution is 0.0460. The van der Waals surface area contributed by atoms with Gasteiger partial charge in [-0.25, -0.2) is 9.48 Å². The number of aryl methyl sites for hydroxylation is 1. The van der Waals surface area contributed by atoms with E-state index in [1.165, 1.54) is 0 Å². The molecule has 1 heterocycles. The predicted molar refractivity (Wildman–Crippen MR) is 82.8 cm³/mol. The molecule has 7 heteroatoms. The van der Waals surface area contributed by atoms with Gasteiger partial charge in [0, 0.05) is 20.2 Å². The summed E-state index contributed by atoms with van der Waals surface area (Å²) in [5.41, 5.74) is 0.269. The summed E-state index contributed by atoms with van der Waals surface area (Å²) in [5.74, 6) is 0.623. The molecule has 0 bridgehead atoms. The molecular weight excluding hydrogens is 286 g/mol. The number of methoxy groups -OCH3 is 1. The summed E-state index contributed by atoms with van der Waals surface area (Å²) in [4.78, 5) is 11.8. The van der Waals surface area contributed by atoms with Crippen molar-refractivity contribution in [2.75, 3.05) is 7.11 Å². The van der Waals surface area contributed by atoms with Crippen molar-refractivity contribution in [3.05, 3.63) is 11.8 Å². The van der Waals surface area contributed by atoms with Crippen LogP contribution >= 0.6 is 0 Å². The first-order valence-corrected chi connectivity index (χ1v) is 7.30. The van der Waals surface area contributed by atoms with Crippen LogP contribution in [0.1, 0.15) is 40.3 Å². The second kappa shape index (κ2) is 7.49. The van der Waals surface area contributed by atoms with E-state index < -0.39 is 11.7 Å². The number of rotatable bonds is 6. The second-order valence-corrected chi connectivity index (χ2v) is 6.29. The summed E-state index contributed by atoms with van der Waals surface area (Å²) in [5, 5.41) is 7.04. The van der Waals surface area contributed by atoms with Crippen molar-refractivity contribution in [2.45, 2.75) is 59.0 Å². The summed E-state index contributed by atoms with van der Waals surface area (Å²) in [6, 6.07) is 1.61. The van der Waals surface area contributed by atoms with Crippen LogP contribution in [0.3, 0.4) is 0 Å². The first-order chi connectivity index (χ1) is 10.1. The Morgan fingerprint density at radius 1 is 1.41 bits per heavy atom. The zero-order valence-electron chi connectivity index (χ0n) is 14.5. The van der Waals surface area contributed by atoms with Crippen molar-refractivity contribution >= 4 is 6.09 Å². The number of alkyl carbamates (subject to hydrolysis) is 1. The third kappa shape index (κ3) is 5.93. The zero-order valence-corrected chi connectivity index (χ0v) is 14.5. The SMILES string of the molecule is COCc1cc(OC(C)[C@@H](C)NC(=O)OC(C)(C)C)n(C)n1. The molecule has 0 aromatic carbocycles. The third-order valence-corrected chi connectivity index (χ3v) is 2.93. The van der Waals surface area contributed by atoms with Crippen molar-refractivity contribution in [2.24, 2.45) is 7.05 Å². The molecule has 0 saturated carbocycles. The lowest BCUT2D eigenvalue weighted by Crippen LogP contribution is -2.44. The van der Waals surface area contributed by atoms with E-state index >= 15 is 0 Å². The second-order valence-electron chi connectivity index (χ2n) is 6.29. The molecule has 1 rings (SSSR count). The number of carbonyl (C=O) groups is 1. The minimum absolute atomic E-state index is 0.212. The van der Waals surface area contributed by atoms with Gasteiger partial charge in [-0.05, 0) is 34.6 Å². The Hall–Kier alpha value is -1.76. The molecule has 1 amide bonds. The van der Waals surface area contributed by atoms with Crippen LogP contribution in [0, 0.1) is 0 Å². The van der Waals surface area contributed by atoms with Crippen LogP contribution in [-0.2, 0) is 23.1 Å². The third-order valence-electron chi connectivity index (χ3n) is 2.93. The van der Waals surface area contributed by atoms with Gasteiger partial charge in [0.1, 0.15) is 11.7 Å². The van der Waals surface area contributed by atoms with Crippen molar-refractivity contribution in [1.29, 1.82) is 0 Å². The predicted octanol–water partition coefficient (Wildman–Crippen LogP) is 2.25. The Labute approximate surface area is 131 Å². The largest absolute Gasteiger partial charge is 0.473 e. The quantitative estimate of drug-likeness (QED) is 0.872. The van der Waals surface area contributed by atoms with Crippen LogP contribution in [0.25, 0.3) is 0 Å². The number of hydrogen-bond donors (Lipinski definition) is 1. The molecular formula is C15H27N3O4. The first kappa shape index (κ1) is 18.3. The Kier molecular flexibility index (Phi) is 6.22. The van der Waals surface area contributed by atoms with E-state index in [1.54, 1.807) is 18.8 Å². The van der Waals surface area contributed by atoms with Gasteiger partial charge in [0.15, 0.2) is 0 Å². The number of ether oxygens (including phenoxy) is 3. The van der Waals surface area contributed by atoms with Crippen molar-refractivity contribution < 1.29 is 19.0 Å². The highest BCUT2D eigenvalue weighted by molar-refractivity contribution is 5.68. The standard InChI is InChI=1S/C15H27N3O4/c1-10(16-14(19)22-15(3,4)5)11(2)21-13-8-12(9-20-7)17-18(13)6/h8,10-11H,9H2,1-7H3,(H,16,19)/t10-,11?/m1/s1. The summed E-state index contributed by atoms with van der Waals surface area (Å²) in [6.07, 6.45) is -0.696. The smallest absolute Gasteiger partial charge is 0.407 e. The van der Waals surface area contributed by atoms with Gasteiger partial charge >= 0.3 is 6.09 Å². The van der Waals surface area contributed by atoms with E-state index in [0.29, 0.717) is 12.5 Å². The summed E-state index contributed by atoms with van der Waals surface area (Å²) < 4.78 is 17.8. The molecule has 1 aromatic heterocycles. The number of carbonyl (C=O) groups excluding carboxylic acids is 1. The molecule has 1 aromatic rings. The number of nitrogens with one attached hydrogen (secondary N) is 1. The number of nitrogens with zero attached hydrogens (tertiary/aromatic N) is 2.